The van der Waals surface area contributed by atoms with Crippen LogP contribution in [0.15, 0.2) is 48.7 Å². The molecule has 0 bridgehead atoms. The molecular weight excluding hydrogens is 275 g/mol. The summed E-state index contributed by atoms with van der Waals surface area (Å²) < 4.78 is 15.2. The van der Waals surface area contributed by atoms with Crippen molar-refractivity contribution in [2.24, 2.45) is 5.73 Å². The van der Waals surface area contributed by atoms with E-state index in [4.69, 9.17) is 17.3 Å². The number of hydrogen-bond donors (Lipinski definition) is 1. The number of fused-ring (bicyclic) bond motifs is 1. The molecular formula is C16H14ClFN2. The van der Waals surface area contributed by atoms with Crippen molar-refractivity contribution in [3.63, 3.8) is 0 Å². The molecule has 1 aromatic heterocycles. The van der Waals surface area contributed by atoms with E-state index in [-0.39, 0.29) is 5.82 Å². The molecule has 0 fully saturated rings. The van der Waals surface area contributed by atoms with Crippen LogP contribution in [0.5, 0.6) is 0 Å². The molecule has 2 N–H and O–H groups in total. The molecule has 0 spiro atoms. The molecule has 20 heavy (non-hydrogen) atoms. The average molecular weight is 289 g/mol. The minimum Gasteiger partial charge on any atom is -0.343 e. The van der Waals surface area contributed by atoms with Crippen molar-refractivity contribution in [1.82, 2.24) is 4.57 Å². The van der Waals surface area contributed by atoms with Gasteiger partial charge in [-0.05, 0) is 34.7 Å². The summed E-state index contributed by atoms with van der Waals surface area (Å²) in [7, 11) is 0. The normalized spacial score (nSPS) is 11.2. The quantitative estimate of drug-likeness (QED) is 0.777. The Balaban J connectivity index is 2.06. The lowest BCUT2D eigenvalue weighted by Crippen LogP contribution is -2.04. The van der Waals surface area contributed by atoms with Crippen LogP contribution in [-0.2, 0) is 13.1 Å². The lowest BCUT2D eigenvalue weighted by atomic mass is 10.1. The highest BCUT2D eigenvalue weighted by atomic mass is 35.5. The first-order chi connectivity index (χ1) is 9.69. The van der Waals surface area contributed by atoms with Gasteiger partial charge in [0, 0.05) is 24.3 Å². The summed E-state index contributed by atoms with van der Waals surface area (Å²) >= 11 is 6.09. The second-order valence-electron chi connectivity index (χ2n) is 4.74. The van der Waals surface area contributed by atoms with Gasteiger partial charge in [0.2, 0.25) is 0 Å². The van der Waals surface area contributed by atoms with Gasteiger partial charge in [0.15, 0.2) is 0 Å². The van der Waals surface area contributed by atoms with E-state index in [9.17, 15) is 4.39 Å². The van der Waals surface area contributed by atoms with Crippen LogP contribution in [0.3, 0.4) is 0 Å². The van der Waals surface area contributed by atoms with E-state index in [1.54, 1.807) is 6.07 Å². The molecule has 0 aliphatic rings. The van der Waals surface area contributed by atoms with E-state index in [0.717, 1.165) is 22.0 Å². The zero-order valence-corrected chi connectivity index (χ0v) is 11.6. The topological polar surface area (TPSA) is 30.9 Å². The zero-order chi connectivity index (χ0) is 14.1. The van der Waals surface area contributed by atoms with Crippen molar-refractivity contribution in [3.05, 3.63) is 70.6 Å². The predicted octanol–water partition coefficient (Wildman–Crippen LogP) is 3.94. The molecule has 102 valence electrons. The van der Waals surface area contributed by atoms with Gasteiger partial charge in [0.05, 0.1) is 5.52 Å². The van der Waals surface area contributed by atoms with E-state index in [1.165, 1.54) is 12.1 Å². The summed E-state index contributed by atoms with van der Waals surface area (Å²) in [6.45, 7) is 1.08. The van der Waals surface area contributed by atoms with Crippen LogP contribution in [0.2, 0.25) is 5.02 Å². The van der Waals surface area contributed by atoms with Gasteiger partial charge in [-0.1, -0.05) is 35.9 Å². The molecule has 0 aliphatic carbocycles. The first kappa shape index (κ1) is 13.2. The molecule has 0 aliphatic heterocycles. The second-order valence-corrected chi connectivity index (χ2v) is 5.15. The fourth-order valence-corrected chi connectivity index (χ4v) is 2.70. The number of para-hydroxylation sites is 1. The van der Waals surface area contributed by atoms with Crippen LogP contribution >= 0.6 is 11.6 Å². The van der Waals surface area contributed by atoms with Crippen LogP contribution in [0.1, 0.15) is 11.1 Å². The van der Waals surface area contributed by atoms with Crippen molar-refractivity contribution in [1.29, 1.82) is 0 Å². The summed E-state index contributed by atoms with van der Waals surface area (Å²) in [5, 5.41) is 1.59. The molecule has 3 rings (SSSR count). The average Bonchev–Trinajstić information content (AvgIpc) is 2.85. The summed E-state index contributed by atoms with van der Waals surface area (Å²) in [5.74, 6) is -0.321. The number of aromatic nitrogens is 1. The van der Waals surface area contributed by atoms with Crippen molar-refractivity contribution >= 4 is 22.5 Å². The Morgan fingerprint density at radius 3 is 2.70 bits per heavy atom. The highest BCUT2D eigenvalue weighted by Gasteiger charge is 2.08. The van der Waals surface area contributed by atoms with E-state index in [0.29, 0.717) is 18.1 Å². The third-order valence-electron chi connectivity index (χ3n) is 3.45. The van der Waals surface area contributed by atoms with Crippen molar-refractivity contribution in [3.8, 4) is 0 Å². The minimum absolute atomic E-state index is 0.321. The molecule has 0 atom stereocenters. The first-order valence-electron chi connectivity index (χ1n) is 6.40. The van der Waals surface area contributed by atoms with Crippen LogP contribution in [0.25, 0.3) is 10.9 Å². The number of hydrogen-bond acceptors (Lipinski definition) is 1. The highest BCUT2D eigenvalue weighted by molar-refractivity contribution is 6.31. The Bertz CT molecular complexity index is 764. The Morgan fingerprint density at radius 2 is 1.95 bits per heavy atom. The lowest BCUT2D eigenvalue weighted by Gasteiger charge is -2.10. The van der Waals surface area contributed by atoms with Crippen molar-refractivity contribution < 1.29 is 4.39 Å². The maximum atomic E-state index is 13.1. The molecule has 4 heteroatoms. The standard InChI is InChI=1S/C16H14ClFN2/c17-15-8-14(18)5-4-13(15)10-20-7-6-11-2-1-3-12(9-19)16(11)20/h1-8H,9-10,19H2. The Hall–Kier alpha value is -1.84. The van der Waals surface area contributed by atoms with E-state index in [1.807, 2.05) is 24.4 Å². The van der Waals surface area contributed by atoms with Gasteiger partial charge in [-0.25, -0.2) is 4.39 Å². The molecule has 0 saturated heterocycles. The Kier molecular flexibility index (Phi) is 3.47. The van der Waals surface area contributed by atoms with E-state index in [2.05, 4.69) is 10.6 Å². The Morgan fingerprint density at radius 1 is 1.10 bits per heavy atom. The molecule has 1 heterocycles. The monoisotopic (exact) mass is 288 g/mol. The molecule has 0 radical (unpaired) electrons. The SMILES string of the molecule is NCc1cccc2ccn(Cc3ccc(F)cc3Cl)c12. The van der Waals surface area contributed by atoms with Crippen LogP contribution in [-0.4, -0.2) is 4.57 Å². The molecule has 0 saturated carbocycles. The number of halogens is 2. The summed E-state index contributed by atoms with van der Waals surface area (Å²) in [4.78, 5) is 0. The minimum atomic E-state index is -0.321. The third kappa shape index (κ3) is 2.30. The molecule has 3 aromatic rings. The molecule has 2 nitrogen and oxygen atoms in total. The second kappa shape index (κ2) is 5.27. The van der Waals surface area contributed by atoms with Gasteiger partial charge in [-0.15, -0.1) is 0 Å². The fourth-order valence-electron chi connectivity index (χ4n) is 2.47. The summed E-state index contributed by atoms with van der Waals surface area (Å²) in [6.07, 6.45) is 2.00. The molecule has 0 unspecified atom stereocenters. The zero-order valence-electron chi connectivity index (χ0n) is 10.8. The fraction of sp³-hybridized carbons (Fsp3) is 0.125. The summed E-state index contributed by atoms with van der Waals surface area (Å²) in [5.41, 5.74) is 8.88. The van der Waals surface area contributed by atoms with Crippen LogP contribution in [0.4, 0.5) is 4.39 Å². The van der Waals surface area contributed by atoms with Gasteiger partial charge >= 0.3 is 0 Å². The smallest absolute Gasteiger partial charge is 0.124 e. The predicted molar refractivity (Wildman–Crippen MR) is 80.3 cm³/mol. The van der Waals surface area contributed by atoms with Gasteiger partial charge in [0.25, 0.3) is 0 Å². The number of benzene rings is 2. The largest absolute Gasteiger partial charge is 0.343 e. The van der Waals surface area contributed by atoms with Gasteiger partial charge in [-0.2, -0.15) is 0 Å². The number of rotatable bonds is 3. The maximum absolute atomic E-state index is 13.1. The number of nitrogens with zero attached hydrogens (tertiary/aromatic N) is 1. The maximum Gasteiger partial charge on any atom is 0.124 e. The molecule has 2 aromatic carbocycles. The van der Waals surface area contributed by atoms with Crippen molar-refractivity contribution in [2.45, 2.75) is 13.1 Å². The Labute approximate surface area is 121 Å². The third-order valence-corrected chi connectivity index (χ3v) is 3.80. The van der Waals surface area contributed by atoms with Gasteiger partial charge in [0.1, 0.15) is 5.82 Å². The van der Waals surface area contributed by atoms with Crippen LogP contribution in [0, 0.1) is 5.82 Å². The highest BCUT2D eigenvalue weighted by Crippen LogP contribution is 2.24. The van der Waals surface area contributed by atoms with Crippen LogP contribution < -0.4 is 5.73 Å². The summed E-state index contributed by atoms with van der Waals surface area (Å²) in [6, 6.07) is 12.6. The molecule has 0 amide bonds. The van der Waals surface area contributed by atoms with Gasteiger partial charge in [-0.3, -0.25) is 0 Å². The van der Waals surface area contributed by atoms with Gasteiger partial charge < -0.3 is 10.3 Å². The van der Waals surface area contributed by atoms with Crippen molar-refractivity contribution in [2.75, 3.05) is 0 Å². The van der Waals surface area contributed by atoms with E-state index < -0.39 is 0 Å². The number of nitrogens with two attached hydrogens (primary N) is 1. The first-order valence-corrected chi connectivity index (χ1v) is 6.77. The lowest BCUT2D eigenvalue weighted by molar-refractivity contribution is 0.626. The van der Waals surface area contributed by atoms with E-state index >= 15 is 0 Å².